The van der Waals surface area contributed by atoms with Crippen molar-refractivity contribution < 1.29 is 4.42 Å². The Labute approximate surface area is 282 Å². The third-order valence-corrected chi connectivity index (χ3v) is 9.67. The van der Waals surface area contributed by atoms with Gasteiger partial charge in [0.15, 0.2) is 5.82 Å². The Morgan fingerprint density at radius 1 is 0.327 bits per heavy atom. The van der Waals surface area contributed by atoms with E-state index in [0.717, 1.165) is 50.0 Å². The van der Waals surface area contributed by atoms with Crippen LogP contribution < -0.4 is 0 Å². The third kappa shape index (κ3) is 4.67. The van der Waals surface area contributed by atoms with Gasteiger partial charge in [-0.05, 0) is 85.9 Å². The van der Waals surface area contributed by atoms with Crippen molar-refractivity contribution >= 4 is 54.3 Å². The Kier molecular flexibility index (Phi) is 6.18. The molecule has 3 heteroatoms. The van der Waals surface area contributed by atoms with E-state index in [1.165, 1.54) is 43.4 Å². The standard InChI is InChI=1S/C46H28N2O/c1-2-9-31(10-3-1)46-47-42(28-43(48-46)35-22-24-45-41(27-35)39-13-6-7-16-44(39)49-45)30-19-17-29(18-20-30)36-14-8-15-37-38(36)23-21-34-25-32-11-4-5-12-33(32)26-40(34)37/h1-28H. The molecular weight excluding hydrogens is 597 g/mol. The molecule has 2 aromatic heterocycles. The van der Waals surface area contributed by atoms with Crippen LogP contribution in [0.1, 0.15) is 0 Å². The van der Waals surface area contributed by atoms with E-state index in [-0.39, 0.29) is 0 Å². The van der Waals surface area contributed by atoms with Crippen LogP contribution in [0, 0.1) is 0 Å². The summed E-state index contributed by atoms with van der Waals surface area (Å²) in [5.41, 5.74) is 8.93. The van der Waals surface area contributed by atoms with Gasteiger partial charge in [-0.3, -0.25) is 0 Å². The largest absolute Gasteiger partial charge is 0.456 e. The quantitative estimate of drug-likeness (QED) is 0.144. The van der Waals surface area contributed by atoms with Crippen LogP contribution in [0.4, 0.5) is 0 Å². The predicted octanol–water partition coefficient (Wildman–Crippen LogP) is 12.5. The summed E-state index contributed by atoms with van der Waals surface area (Å²) >= 11 is 0. The first-order valence-electron chi connectivity index (χ1n) is 16.6. The lowest BCUT2D eigenvalue weighted by molar-refractivity contribution is 0.669. The SMILES string of the molecule is c1ccc(-c2nc(-c3ccc(-c4cccc5c4ccc4cc6ccccc6cc45)cc3)cc(-c3ccc4oc5ccccc5c4c3)n2)cc1. The Hall–Kier alpha value is -6.58. The van der Waals surface area contributed by atoms with Crippen LogP contribution in [-0.2, 0) is 0 Å². The van der Waals surface area contributed by atoms with Crippen molar-refractivity contribution in [3.05, 3.63) is 170 Å². The van der Waals surface area contributed by atoms with Gasteiger partial charge in [0.25, 0.3) is 0 Å². The molecule has 228 valence electrons. The number of hydrogen-bond acceptors (Lipinski definition) is 3. The second kappa shape index (κ2) is 11.0. The first-order valence-corrected chi connectivity index (χ1v) is 16.6. The molecule has 0 aliphatic heterocycles. The van der Waals surface area contributed by atoms with E-state index in [9.17, 15) is 0 Å². The topological polar surface area (TPSA) is 38.9 Å². The molecule has 0 bridgehead atoms. The van der Waals surface area contributed by atoms with Crippen molar-refractivity contribution in [2.45, 2.75) is 0 Å². The Morgan fingerprint density at radius 2 is 1.00 bits per heavy atom. The summed E-state index contributed by atoms with van der Waals surface area (Å²) in [6, 6.07) is 59.9. The van der Waals surface area contributed by atoms with Crippen LogP contribution in [-0.4, -0.2) is 9.97 Å². The van der Waals surface area contributed by atoms with Gasteiger partial charge in [-0.1, -0.05) is 127 Å². The third-order valence-electron chi connectivity index (χ3n) is 9.67. The van der Waals surface area contributed by atoms with Crippen LogP contribution >= 0.6 is 0 Å². The van der Waals surface area contributed by atoms with Crippen molar-refractivity contribution in [2.75, 3.05) is 0 Å². The Balaban J connectivity index is 1.08. The minimum atomic E-state index is 0.697. The maximum absolute atomic E-state index is 6.11. The molecule has 0 spiro atoms. The molecule has 0 aliphatic rings. The molecule has 0 unspecified atom stereocenters. The van der Waals surface area contributed by atoms with Gasteiger partial charge in [0.1, 0.15) is 11.2 Å². The van der Waals surface area contributed by atoms with Crippen LogP contribution in [0.3, 0.4) is 0 Å². The predicted molar refractivity (Wildman–Crippen MR) is 204 cm³/mol. The number of rotatable bonds is 4. The summed E-state index contributed by atoms with van der Waals surface area (Å²) in [5.74, 6) is 0.697. The molecule has 0 saturated heterocycles. The molecule has 0 saturated carbocycles. The van der Waals surface area contributed by atoms with Gasteiger partial charge < -0.3 is 4.42 Å². The van der Waals surface area contributed by atoms with E-state index < -0.39 is 0 Å². The van der Waals surface area contributed by atoms with Crippen LogP contribution in [0.15, 0.2) is 174 Å². The Bertz CT molecular complexity index is 2870. The van der Waals surface area contributed by atoms with Gasteiger partial charge in [0.2, 0.25) is 0 Å². The smallest absolute Gasteiger partial charge is 0.160 e. The summed E-state index contributed by atoms with van der Waals surface area (Å²) in [7, 11) is 0. The van der Waals surface area contributed by atoms with Gasteiger partial charge >= 0.3 is 0 Å². The number of aromatic nitrogens is 2. The van der Waals surface area contributed by atoms with Crippen molar-refractivity contribution in [3.63, 3.8) is 0 Å². The van der Waals surface area contributed by atoms with E-state index in [2.05, 4.69) is 127 Å². The molecule has 10 rings (SSSR count). The zero-order valence-electron chi connectivity index (χ0n) is 26.5. The second-order valence-electron chi connectivity index (χ2n) is 12.6. The van der Waals surface area contributed by atoms with E-state index in [0.29, 0.717) is 5.82 Å². The lowest BCUT2D eigenvalue weighted by Gasteiger charge is -2.12. The first-order chi connectivity index (χ1) is 24.2. The first kappa shape index (κ1) is 27.5. The summed E-state index contributed by atoms with van der Waals surface area (Å²) in [6.07, 6.45) is 0. The minimum Gasteiger partial charge on any atom is -0.456 e. The summed E-state index contributed by atoms with van der Waals surface area (Å²) in [6.45, 7) is 0. The summed E-state index contributed by atoms with van der Waals surface area (Å²) in [5, 5.41) is 9.74. The normalized spacial score (nSPS) is 11.7. The highest BCUT2D eigenvalue weighted by Crippen LogP contribution is 2.37. The van der Waals surface area contributed by atoms with Gasteiger partial charge in [-0.2, -0.15) is 0 Å². The van der Waals surface area contributed by atoms with Crippen LogP contribution in [0.25, 0.3) is 99.3 Å². The molecule has 3 nitrogen and oxygen atoms in total. The fraction of sp³-hybridized carbons (Fsp3) is 0. The highest BCUT2D eigenvalue weighted by Gasteiger charge is 2.14. The van der Waals surface area contributed by atoms with Gasteiger partial charge in [-0.15, -0.1) is 0 Å². The van der Waals surface area contributed by atoms with Gasteiger partial charge in [0.05, 0.1) is 11.4 Å². The number of nitrogens with zero attached hydrogens (tertiary/aromatic N) is 2. The van der Waals surface area contributed by atoms with Crippen molar-refractivity contribution in [3.8, 4) is 45.0 Å². The van der Waals surface area contributed by atoms with Crippen molar-refractivity contribution in [1.29, 1.82) is 0 Å². The van der Waals surface area contributed by atoms with Crippen molar-refractivity contribution in [2.24, 2.45) is 0 Å². The lowest BCUT2D eigenvalue weighted by Crippen LogP contribution is -1.96. The fourth-order valence-electron chi connectivity index (χ4n) is 7.20. The van der Waals surface area contributed by atoms with E-state index in [1.807, 2.05) is 42.5 Å². The maximum atomic E-state index is 6.11. The summed E-state index contributed by atoms with van der Waals surface area (Å²) in [4.78, 5) is 10.2. The zero-order valence-corrected chi connectivity index (χ0v) is 26.5. The maximum Gasteiger partial charge on any atom is 0.160 e. The van der Waals surface area contributed by atoms with E-state index in [1.54, 1.807) is 0 Å². The molecule has 0 N–H and O–H groups in total. The number of furan rings is 1. The highest BCUT2D eigenvalue weighted by molar-refractivity contribution is 6.15. The molecular formula is C46H28N2O. The molecule has 0 fully saturated rings. The van der Waals surface area contributed by atoms with Crippen LogP contribution in [0.2, 0.25) is 0 Å². The molecule has 0 radical (unpaired) electrons. The number of para-hydroxylation sites is 1. The zero-order chi connectivity index (χ0) is 32.3. The second-order valence-corrected chi connectivity index (χ2v) is 12.6. The molecule has 0 aliphatic carbocycles. The summed E-state index contributed by atoms with van der Waals surface area (Å²) < 4.78 is 6.11. The van der Waals surface area contributed by atoms with E-state index >= 15 is 0 Å². The molecule has 0 atom stereocenters. The lowest BCUT2D eigenvalue weighted by atomic mass is 9.93. The van der Waals surface area contributed by atoms with Gasteiger partial charge in [-0.25, -0.2) is 9.97 Å². The molecule has 49 heavy (non-hydrogen) atoms. The number of fused-ring (bicyclic) bond motifs is 7. The average Bonchev–Trinajstić information content (AvgIpc) is 3.55. The Morgan fingerprint density at radius 3 is 1.86 bits per heavy atom. The molecule has 8 aromatic carbocycles. The van der Waals surface area contributed by atoms with Crippen LogP contribution in [0.5, 0.6) is 0 Å². The molecule has 0 amide bonds. The minimum absolute atomic E-state index is 0.697. The van der Waals surface area contributed by atoms with E-state index in [4.69, 9.17) is 14.4 Å². The fourth-order valence-corrected chi connectivity index (χ4v) is 7.20. The average molecular weight is 625 g/mol. The number of benzene rings is 8. The molecule has 2 heterocycles. The monoisotopic (exact) mass is 624 g/mol. The molecule has 10 aromatic rings. The number of hydrogen-bond donors (Lipinski definition) is 0. The van der Waals surface area contributed by atoms with Gasteiger partial charge in [0, 0.05) is 27.5 Å². The highest BCUT2D eigenvalue weighted by atomic mass is 16.3. The van der Waals surface area contributed by atoms with Crippen molar-refractivity contribution in [1.82, 2.24) is 9.97 Å².